The second-order valence-electron chi connectivity index (χ2n) is 6.13. The van der Waals surface area contributed by atoms with Gasteiger partial charge in [0.15, 0.2) is 11.5 Å². The second-order valence-corrected chi connectivity index (χ2v) is 6.13. The zero-order chi connectivity index (χ0) is 20.5. The molecule has 0 heterocycles. The minimum Gasteiger partial charge on any atom is -0.493 e. The van der Waals surface area contributed by atoms with Crippen molar-refractivity contribution in [3.63, 3.8) is 0 Å². The largest absolute Gasteiger partial charge is 0.493 e. The van der Waals surface area contributed by atoms with E-state index in [1.165, 1.54) is 0 Å². The monoisotopic (exact) mass is 390 g/mol. The summed E-state index contributed by atoms with van der Waals surface area (Å²) in [4.78, 5) is 2.21. The maximum atomic E-state index is 6.12. The smallest absolute Gasteiger partial charge is 0.203 e. The number of methoxy groups -OCH3 is 5. The summed E-state index contributed by atoms with van der Waals surface area (Å²) in [6.45, 7) is 2.62. The van der Waals surface area contributed by atoms with Crippen molar-refractivity contribution in [1.29, 1.82) is 0 Å². The van der Waals surface area contributed by atoms with Gasteiger partial charge in [-0.1, -0.05) is 0 Å². The van der Waals surface area contributed by atoms with Crippen molar-refractivity contribution in [3.05, 3.63) is 30.3 Å². The molecule has 0 aliphatic rings. The van der Waals surface area contributed by atoms with E-state index in [2.05, 4.69) is 4.90 Å². The van der Waals surface area contributed by atoms with Crippen molar-refractivity contribution in [2.24, 2.45) is 0 Å². The Hall–Kier alpha value is -2.64. The Kier molecular flexibility index (Phi) is 8.22. The summed E-state index contributed by atoms with van der Waals surface area (Å²) in [6.07, 6.45) is 0. The summed E-state index contributed by atoms with van der Waals surface area (Å²) in [6, 6.07) is 9.64. The number of benzene rings is 2. The number of rotatable bonds is 11. The molecule has 154 valence electrons. The molecule has 0 aliphatic carbocycles. The molecular weight excluding hydrogens is 360 g/mol. The van der Waals surface area contributed by atoms with Gasteiger partial charge in [0.25, 0.3) is 0 Å². The molecule has 28 heavy (non-hydrogen) atoms. The standard InChI is InChI=1S/C21H30N2O5/c1-24-12-10-23(11-13-25-2)18-8-6-15(22)14-17(18)16-7-9-19(26-3)21(28-5)20(16)27-4/h6-9,14H,10-13,22H2,1-5H3. The molecule has 7 heteroatoms. The van der Waals surface area contributed by atoms with Gasteiger partial charge in [0.05, 0.1) is 34.5 Å². The highest BCUT2D eigenvalue weighted by molar-refractivity contribution is 5.87. The molecule has 0 saturated heterocycles. The second kappa shape index (κ2) is 10.6. The molecule has 0 fully saturated rings. The fourth-order valence-corrected chi connectivity index (χ4v) is 3.11. The molecule has 0 bridgehead atoms. The molecule has 0 saturated carbocycles. The first-order chi connectivity index (χ1) is 13.6. The number of nitrogens with two attached hydrogens (primary N) is 1. The van der Waals surface area contributed by atoms with E-state index in [4.69, 9.17) is 29.4 Å². The summed E-state index contributed by atoms with van der Waals surface area (Å²) >= 11 is 0. The minimum absolute atomic E-state index is 0.538. The van der Waals surface area contributed by atoms with Crippen LogP contribution < -0.4 is 24.8 Å². The maximum absolute atomic E-state index is 6.12. The summed E-state index contributed by atoms with van der Waals surface area (Å²) in [5.74, 6) is 1.73. The van der Waals surface area contributed by atoms with E-state index in [0.717, 1.165) is 16.8 Å². The van der Waals surface area contributed by atoms with Gasteiger partial charge in [-0.3, -0.25) is 0 Å². The minimum atomic E-state index is 0.538. The lowest BCUT2D eigenvalue weighted by molar-refractivity contribution is 0.190. The number of anilines is 2. The average molecular weight is 390 g/mol. The zero-order valence-corrected chi connectivity index (χ0v) is 17.3. The van der Waals surface area contributed by atoms with Gasteiger partial charge in [-0.05, 0) is 30.3 Å². The van der Waals surface area contributed by atoms with E-state index in [0.29, 0.717) is 49.2 Å². The summed E-state index contributed by atoms with van der Waals surface area (Å²) < 4.78 is 27.2. The molecule has 0 atom stereocenters. The van der Waals surface area contributed by atoms with Gasteiger partial charge in [-0.25, -0.2) is 0 Å². The quantitative estimate of drug-likeness (QED) is 0.591. The average Bonchev–Trinajstić information content (AvgIpc) is 2.72. The van der Waals surface area contributed by atoms with Crippen LogP contribution in [0.5, 0.6) is 17.2 Å². The van der Waals surface area contributed by atoms with E-state index < -0.39 is 0 Å². The van der Waals surface area contributed by atoms with Crippen molar-refractivity contribution in [1.82, 2.24) is 0 Å². The topological polar surface area (TPSA) is 75.4 Å². The maximum Gasteiger partial charge on any atom is 0.203 e. The van der Waals surface area contributed by atoms with Gasteiger partial charge < -0.3 is 34.3 Å². The summed E-state index contributed by atoms with van der Waals surface area (Å²) in [7, 11) is 8.18. The van der Waals surface area contributed by atoms with Crippen LogP contribution in [0.4, 0.5) is 11.4 Å². The van der Waals surface area contributed by atoms with Crippen LogP contribution >= 0.6 is 0 Å². The van der Waals surface area contributed by atoms with Crippen molar-refractivity contribution in [2.45, 2.75) is 0 Å². The number of hydrogen-bond acceptors (Lipinski definition) is 7. The van der Waals surface area contributed by atoms with Gasteiger partial charge in [0.2, 0.25) is 5.75 Å². The Morgan fingerprint density at radius 2 is 1.39 bits per heavy atom. The third-order valence-corrected chi connectivity index (χ3v) is 4.49. The summed E-state index contributed by atoms with van der Waals surface area (Å²) in [5, 5.41) is 0. The Balaban J connectivity index is 2.63. The molecule has 0 unspecified atom stereocenters. The lowest BCUT2D eigenvalue weighted by atomic mass is 10.00. The highest BCUT2D eigenvalue weighted by atomic mass is 16.5. The first kappa shape index (κ1) is 21.7. The first-order valence-electron chi connectivity index (χ1n) is 9.02. The predicted octanol–water partition coefficient (Wildman–Crippen LogP) is 3.06. The molecule has 0 aliphatic heterocycles. The molecule has 7 nitrogen and oxygen atoms in total. The van der Waals surface area contributed by atoms with Crippen molar-refractivity contribution >= 4 is 11.4 Å². The fraction of sp³-hybridized carbons (Fsp3) is 0.429. The lowest BCUT2D eigenvalue weighted by Crippen LogP contribution is -2.31. The fourth-order valence-electron chi connectivity index (χ4n) is 3.11. The van der Waals surface area contributed by atoms with Gasteiger partial charge in [-0.15, -0.1) is 0 Å². The van der Waals surface area contributed by atoms with Gasteiger partial charge in [0, 0.05) is 49.8 Å². The Bertz CT molecular complexity index is 759. The highest BCUT2D eigenvalue weighted by Crippen LogP contribution is 2.47. The van der Waals surface area contributed by atoms with Crippen LogP contribution in [0.15, 0.2) is 30.3 Å². The Labute approximate surface area is 166 Å². The highest BCUT2D eigenvalue weighted by Gasteiger charge is 2.21. The number of nitrogens with zero attached hydrogens (tertiary/aromatic N) is 1. The zero-order valence-electron chi connectivity index (χ0n) is 17.3. The SMILES string of the molecule is COCCN(CCOC)c1ccc(N)cc1-c1ccc(OC)c(OC)c1OC. The Morgan fingerprint density at radius 1 is 0.750 bits per heavy atom. The predicted molar refractivity (Wildman–Crippen MR) is 112 cm³/mol. The van der Waals surface area contributed by atoms with Gasteiger partial charge in [0.1, 0.15) is 0 Å². The third kappa shape index (κ3) is 4.79. The van der Waals surface area contributed by atoms with E-state index in [-0.39, 0.29) is 0 Å². The number of ether oxygens (including phenoxy) is 5. The molecule has 2 rings (SSSR count). The van der Waals surface area contributed by atoms with Crippen molar-refractivity contribution in [3.8, 4) is 28.4 Å². The molecule has 0 spiro atoms. The van der Waals surface area contributed by atoms with Crippen LogP contribution in [-0.4, -0.2) is 61.9 Å². The van der Waals surface area contributed by atoms with Gasteiger partial charge >= 0.3 is 0 Å². The normalized spacial score (nSPS) is 10.6. The molecule has 2 N–H and O–H groups in total. The third-order valence-electron chi connectivity index (χ3n) is 4.49. The van der Waals surface area contributed by atoms with E-state index in [1.54, 1.807) is 35.5 Å². The summed E-state index contributed by atoms with van der Waals surface area (Å²) in [5.41, 5.74) is 9.59. The van der Waals surface area contributed by atoms with Crippen molar-refractivity contribution < 1.29 is 23.7 Å². The first-order valence-corrected chi connectivity index (χ1v) is 9.02. The van der Waals surface area contributed by atoms with Crippen LogP contribution in [0.3, 0.4) is 0 Å². The Morgan fingerprint density at radius 3 is 1.93 bits per heavy atom. The molecule has 0 aromatic heterocycles. The van der Waals surface area contributed by atoms with Crippen molar-refractivity contribution in [2.75, 3.05) is 72.5 Å². The van der Waals surface area contributed by atoms with Crippen LogP contribution in [0, 0.1) is 0 Å². The van der Waals surface area contributed by atoms with E-state index in [1.807, 2.05) is 30.3 Å². The number of hydrogen-bond donors (Lipinski definition) is 1. The van der Waals surface area contributed by atoms with Crippen LogP contribution in [-0.2, 0) is 9.47 Å². The lowest BCUT2D eigenvalue weighted by Gasteiger charge is -2.28. The van der Waals surface area contributed by atoms with Crippen LogP contribution in [0.2, 0.25) is 0 Å². The molecule has 2 aromatic carbocycles. The van der Waals surface area contributed by atoms with Crippen LogP contribution in [0.25, 0.3) is 11.1 Å². The molecule has 2 aromatic rings. The molecular formula is C21H30N2O5. The van der Waals surface area contributed by atoms with E-state index >= 15 is 0 Å². The van der Waals surface area contributed by atoms with Gasteiger partial charge in [-0.2, -0.15) is 0 Å². The van der Waals surface area contributed by atoms with E-state index in [9.17, 15) is 0 Å². The molecule has 0 amide bonds. The molecule has 0 radical (unpaired) electrons. The van der Waals surface area contributed by atoms with Crippen LogP contribution in [0.1, 0.15) is 0 Å². The number of nitrogen functional groups attached to an aromatic ring is 1.